The van der Waals surface area contributed by atoms with Crippen molar-refractivity contribution in [3.8, 4) is 5.75 Å². The minimum atomic E-state index is -4.67. The van der Waals surface area contributed by atoms with Crippen LogP contribution in [0.15, 0.2) is 18.2 Å². The average Bonchev–Trinajstić information content (AvgIpc) is 3.04. The van der Waals surface area contributed by atoms with Gasteiger partial charge in [-0.15, -0.1) is 13.2 Å². The number of benzene rings is 1. The standard InChI is InChI=1S/C13H13F3N2O/c1-18-11-5-4-9(19-13(14,15)16)7-10(11)17-12(18)6-8-2-3-8/h4-5,7-8H,2-3,6H2,1H3. The van der Waals surface area contributed by atoms with Crippen LogP contribution in [0.5, 0.6) is 5.75 Å². The molecule has 0 spiro atoms. The lowest BCUT2D eigenvalue weighted by atomic mass is 10.3. The second kappa shape index (κ2) is 4.15. The van der Waals surface area contributed by atoms with Crippen molar-refractivity contribution >= 4 is 11.0 Å². The molecule has 2 aromatic rings. The first-order valence-electron chi connectivity index (χ1n) is 6.13. The van der Waals surface area contributed by atoms with E-state index in [-0.39, 0.29) is 5.75 Å². The smallest absolute Gasteiger partial charge is 0.406 e. The first-order chi connectivity index (χ1) is 8.92. The third kappa shape index (κ3) is 2.67. The third-order valence-electron chi connectivity index (χ3n) is 3.35. The van der Waals surface area contributed by atoms with Gasteiger partial charge in [0.25, 0.3) is 0 Å². The molecule has 6 heteroatoms. The summed E-state index contributed by atoms with van der Waals surface area (Å²) in [6.07, 6.45) is -1.35. The van der Waals surface area contributed by atoms with Crippen LogP contribution >= 0.6 is 0 Å². The second-order valence-corrected chi connectivity index (χ2v) is 4.93. The van der Waals surface area contributed by atoms with E-state index in [0.29, 0.717) is 11.4 Å². The number of nitrogens with zero attached hydrogens (tertiary/aromatic N) is 2. The van der Waals surface area contributed by atoms with E-state index in [4.69, 9.17) is 0 Å². The third-order valence-corrected chi connectivity index (χ3v) is 3.35. The van der Waals surface area contributed by atoms with Gasteiger partial charge in [-0.3, -0.25) is 0 Å². The Morgan fingerprint density at radius 3 is 2.74 bits per heavy atom. The van der Waals surface area contributed by atoms with Crippen LogP contribution in [0.4, 0.5) is 13.2 Å². The molecule has 0 aliphatic heterocycles. The molecule has 3 nitrogen and oxygen atoms in total. The van der Waals surface area contributed by atoms with E-state index < -0.39 is 6.36 Å². The van der Waals surface area contributed by atoms with Crippen LogP contribution in [0, 0.1) is 5.92 Å². The molecular weight excluding hydrogens is 257 g/mol. The monoisotopic (exact) mass is 270 g/mol. The predicted molar refractivity (Wildman–Crippen MR) is 63.8 cm³/mol. The van der Waals surface area contributed by atoms with E-state index in [0.717, 1.165) is 17.8 Å². The maximum atomic E-state index is 12.2. The van der Waals surface area contributed by atoms with E-state index in [1.807, 2.05) is 11.6 Å². The summed E-state index contributed by atoms with van der Waals surface area (Å²) in [6.45, 7) is 0. The van der Waals surface area contributed by atoms with Gasteiger partial charge >= 0.3 is 6.36 Å². The Morgan fingerprint density at radius 1 is 1.37 bits per heavy atom. The highest BCUT2D eigenvalue weighted by Gasteiger charge is 2.31. The number of hydrogen-bond donors (Lipinski definition) is 0. The van der Waals surface area contributed by atoms with Crippen LogP contribution in [0.25, 0.3) is 11.0 Å². The molecular formula is C13H13F3N2O. The normalized spacial score (nSPS) is 16.0. The highest BCUT2D eigenvalue weighted by atomic mass is 19.4. The Labute approximate surface area is 108 Å². The Kier molecular flexibility index (Phi) is 2.69. The van der Waals surface area contributed by atoms with Gasteiger partial charge in [0.05, 0.1) is 11.0 Å². The molecule has 0 N–H and O–H groups in total. The maximum absolute atomic E-state index is 12.2. The Balaban J connectivity index is 1.93. The Morgan fingerprint density at radius 2 is 2.11 bits per heavy atom. The van der Waals surface area contributed by atoms with Gasteiger partial charge in [-0.2, -0.15) is 0 Å². The number of rotatable bonds is 3. The summed E-state index contributed by atoms with van der Waals surface area (Å²) in [7, 11) is 1.89. The summed E-state index contributed by atoms with van der Waals surface area (Å²) < 4.78 is 42.3. The fourth-order valence-corrected chi connectivity index (χ4v) is 2.19. The summed E-state index contributed by atoms with van der Waals surface area (Å²) in [5.74, 6) is 1.37. The summed E-state index contributed by atoms with van der Waals surface area (Å²) in [4.78, 5) is 4.40. The van der Waals surface area contributed by atoms with Crippen LogP contribution in [0.3, 0.4) is 0 Å². The van der Waals surface area contributed by atoms with Crippen LogP contribution in [0.1, 0.15) is 18.7 Å². The van der Waals surface area contributed by atoms with E-state index >= 15 is 0 Å². The summed E-state index contributed by atoms with van der Waals surface area (Å²) >= 11 is 0. The minimum absolute atomic E-state index is 0.226. The Hall–Kier alpha value is -1.72. The fourth-order valence-electron chi connectivity index (χ4n) is 2.19. The van der Waals surface area contributed by atoms with E-state index in [9.17, 15) is 13.2 Å². The van der Waals surface area contributed by atoms with Crippen molar-refractivity contribution in [3.63, 3.8) is 0 Å². The number of ether oxygens (including phenoxy) is 1. The number of aromatic nitrogens is 2. The summed E-state index contributed by atoms with van der Waals surface area (Å²) in [6, 6.07) is 4.26. The van der Waals surface area contributed by atoms with Crippen LogP contribution in [-0.2, 0) is 13.5 Å². The van der Waals surface area contributed by atoms with Gasteiger partial charge in [0, 0.05) is 19.5 Å². The lowest BCUT2D eigenvalue weighted by Gasteiger charge is -2.08. The van der Waals surface area contributed by atoms with Gasteiger partial charge < -0.3 is 9.30 Å². The fraction of sp³-hybridized carbons (Fsp3) is 0.462. The number of alkyl halides is 3. The molecule has 19 heavy (non-hydrogen) atoms. The Bertz CT molecular complexity index is 614. The van der Waals surface area contributed by atoms with Gasteiger partial charge in [0.15, 0.2) is 0 Å². The van der Waals surface area contributed by atoms with Crippen molar-refractivity contribution < 1.29 is 17.9 Å². The van der Waals surface area contributed by atoms with Crippen molar-refractivity contribution in [3.05, 3.63) is 24.0 Å². The largest absolute Gasteiger partial charge is 0.573 e. The van der Waals surface area contributed by atoms with Gasteiger partial charge in [-0.05, 0) is 30.9 Å². The minimum Gasteiger partial charge on any atom is -0.406 e. The second-order valence-electron chi connectivity index (χ2n) is 4.93. The SMILES string of the molecule is Cn1c(CC2CC2)nc2cc(OC(F)(F)F)ccc21. The van der Waals surface area contributed by atoms with E-state index in [1.165, 1.54) is 25.0 Å². The topological polar surface area (TPSA) is 27.1 Å². The van der Waals surface area contributed by atoms with Gasteiger partial charge in [-0.25, -0.2) is 4.98 Å². The van der Waals surface area contributed by atoms with Crippen LogP contribution in [0.2, 0.25) is 0 Å². The first-order valence-corrected chi connectivity index (χ1v) is 6.13. The first kappa shape index (κ1) is 12.3. The number of hydrogen-bond acceptors (Lipinski definition) is 2. The molecule has 1 aliphatic carbocycles. The molecule has 1 aromatic carbocycles. The lowest BCUT2D eigenvalue weighted by molar-refractivity contribution is -0.274. The molecule has 1 aliphatic rings. The molecule has 0 radical (unpaired) electrons. The van der Waals surface area contributed by atoms with Crippen LogP contribution in [-0.4, -0.2) is 15.9 Å². The van der Waals surface area contributed by atoms with Gasteiger partial charge in [0.1, 0.15) is 11.6 Å². The van der Waals surface area contributed by atoms with E-state index in [2.05, 4.69) is 9.72 Å². The molecule has 1 aromatic heterocycles. The maximum Gasteiger partial charge on any atom is 0.573 e. The van der Waals surface area contributed by atoms with Crippen molar-refractivity contribution in [2.75, 3.05) is 0 Å². The zero-order chi connectivity index (χ0) is 13.6. The molecule has 0 unspecified atom stereocenters. The summed E-state index contributed by atoms with van der Waals surface area (Å²) in [5, 5.41) is 0. The molecule has 102 valence electrons. The highest BCUT2D eigenvalue weighted by Crippen LogP contribution is 2.33. The van der Waals surface area contributed by atoms with Gasteiger partial charge in [0.2, 0.25) is 0 Å². The predicted octanol–water partition coefficient (Wildman–Crippen LogP) is 3.42. The molecule has 0 atom stereocenters. The van der Waals surface area contributed by atoms with Crippen molar-refractivity contribution in [1.29, 1.82) is 0 Å². The van der Waals surface area contributed by atoms with Gasteiger partial charge in [-0.1, -0.05) is 0 Å². The molecule has 0 bridgehead atoms. The zero-order valence-electron chi connectivity index (χ0n) is 10.4. The number of aryl methyl sites for hydroxylation is 1. The zero-order valence-corrected chi connectivity index (χ0v) is 10.4. The lowest BCUT2D eigenvalue weighted by Crippen LogP contribution is -2.16. The van der Waals surface area contributed by atoms with E-state index in [1.54, 1.807) is 6.07 Å². The number of fused-ring (bicyclic) bond motifs is 1. The number of imidazole rings is 1. The molecule has 1 saturated carbocycles. The molecule has 0 saturated heterocycles. The molecule has 0 amide bonds. The van der Waals surface area contributed by atoms with Crippen molar-refractivity contribution in [2.24, 2.45) is 13.0 Å². The van der Waals surface area contributed by atoms with Crippen molar-refractivity contribution in [1.82, 2.24) is 9.55 Å². The molecule has 1 fully saturated rings. The number of halogens is 3. The quantitative estimate of drug-likeness (QED) is 0.854. The van der Waals surface area contributed by atoms with Crippen LogP contribution < -0.4 is 4.74 Å². The molecule has 3 rings (SSSR count). The average molecular weight is 270 g/mol. The van der Waals surface area contributed by atoms with Crippen molar-refractivity contribution in [2.45, 2.75) is 25.6 Å². The summed E-state index contributed by atoms with van der Waals surface area (Å²) in [5.41, 5.74) is 1.37. The molecule has 1 heterocycles. The highest BCUT2D eigenvalue weighted by molar-refractivity contribution is 5.77.